The van der Waals surface area contributed by atoms with Crippen molar-refractivity contribution in [2.45, 2.75) is 28.7 Å². The van der Waals surface area contributed by atoms with Crippen molar-refractivity contribution in [2.24, 2.45) is 4.99 Å². The van der Waals surface area contributed by atoms with Crippen molar-refractivity contribution in [1.82, 2.24) is 15.4 Å². The SMILES string of the molecule is CN=C(NCCNS(=O)(=O)c1ccc(Cl)s1)NCC1(C)CCCS1. The molecule has 1 aromatic heterocycles. The zero-order valence-corrected chi connectivity index (χ0v) is 17.0. The van der Waals surface area contributed by atoms with Crippen LogP contribution in [0.25, 0.3) is 0 Å². The summed E-state index contributed by atoms with van der Waals surface area (Å²) in [4.78, 5) is 4.17. The summed E-state index contributed by atoms with van der Waals surface area (Å²) in [5, 5.41) is 6.43. The molecule has 0 aliphatic carbocycles. The Morgan fingerprint density at radius 2 is 2.17 bits per heavy atom. The zero-order chi connectivity index (χ0) is 17.6. The average molecular weight is 411 g/mol. The monoisotopic (exact) mass is 410 g/mol. The van der Waals surface area contributed by atoms with E-state index in [4.69, 9.17) is 11.6 Å². The molecule has 0 saturated carbocycles. The first-order chi connectivity index (χ1) is 11.3. The summed E-state index contributed by atoms with van der Waals surface area (Å²) in [5.74, 6) is 1.89. The number of hydrogen-bond donors (Lipinski definition) is 3. The minimum absolute atomic E-state index is 0.223. The summed E-state index contributed by atoms with van der Waals surface area (Å²) < 4.78 is 27.6. The van der Waals surface area contributed by atoms with Crippen LogP contribution in [0.5, 0.6) is 0 Å². The Labute approximate surface area is 156 Å². The smallest absolute Gasteiger partial charge is 0.250 e. The molecule has 10 heteroatoms. The second-order valence-corrected chi connectivity index (χ2v) is 11.1. The number of nitrogens with one attached hydrogen (secondary N) is 3. The van der Waals surface area contributed by atoms with Gasteiger partial charge in [-0.25, -0.2) is 13.1 Å². The molecule has 1 aromatic rings. The fourth-order valence-electron chi connectivity index (χ4n) is 2.35. The number of guanidine groups is 1. The molecule has 136 valence electrons. The van der Waals surface area contributed by atoms with Gasteiger partial charge in [0.15, 0.2) is 5.96 Å². The Morgan fingerprint density at radius 3 is 2.75 bits per heavy atom. The van der Waals surface area contributed by atoms with Gasteiger partial charge in [0, 0.05) is 31.4 Å². The van der Waals surface area contributed by atoms with E-state index in [0.29, 0.717) is 16.8 Å². The van der Waals surface area contributed by atoms with E-state index in [1.165, 1.54) is 24.7 Å². The van der Waals surface area contributed by atoms with Crippen molar-refractivity contribution in [2.75, 3.05) is 32.4 Å². The van der Waals surface area contributed by atoms with E-state index in [1.54, 1.807) is 13.1 Å². The first-order valence-electron chi connectivity index (χ1n) is 7.68. The van der Waals surface area contributed by atoms with Gasteiger partial charge in [-0.3, -0.25) is 4.99 Å². The second-order valence-electron chi connectivity index (χ2n) is 5.71. The van der Waals surface area contributed by atoms with E-state index >= 15 is 0 Å². The highest BCUT2D eigenvalue weighted by Crippen LogP contribution is 2.36. The van der Waals surface area contributed by atoms with Crippen LogP contribution in [-0.2, 0) is 10.0 Å². The molecule has 1 fully saturated rings. The molecule has 24 heavy (non-hydrogen) atoms. The largest absolute Gasteiger partial charge is 0.355 e. The Bertz CT molecular complexity index is 669. The topological polar surface area (TPSA) is 82.6 Å². The quantitative estimate of drug-likeness (QED) is 0.364. The molecular weight excluding hydrogens is 388 g/mol. The van der Waals surface area contributed by atoms with Crippen molar-refractivity contribution in [3.8, 4) is 0 Å². The average Bonchev–Trinajstić information content (AvgIpc) is 3.16. The Morgan fingerprint density at radius 1 is 1.38 bits per heavy atom. The van der Waals surface area contributed by atoms with E-state index in [-0.39, 0.29) is 15.5 Å². The first-order valence-corrected chi connectivity index (χ1v) is 11.3. The Balaban J connectivity index is 1.72. The second kappa shape index (κ2) is 8.75. The zero-order valence-electron chi connectivity index (χ0n) is 13.8. The third kappa shape index (κ3) is 5.80. The van der Waals surface area contributed by atoms with E-state index in [2.05, 4.69) is 27.3 Å². The number of sulfonamides is 1. The highest BCUT2D eigenvalue weighted by molar-refractivity contribution is 8.00. The van der Waals surface area contributed by atoms with E-state index in [9.17, 15) is 8.42 Å². The van der Waals surface area contributed by atoms with Crippen LogP contribution in [0.1, 0.15) is 19.8 Å². The Kier molecular flexibility index (Phi) is 7.23. The predicted molar refractivity (Wildman–Crippen MR) is 104 cm³/mol. The molecule has 0 aromatic carbocycles. The van der Waals surface area contributed by atoms with Gasteiger partial charge in [0.05, 0.1) is 4.34 Å². The van der Waals surface area contributed by atoms with Crippen LogP contribution in [0.15, 0.2) is 21.3 Å². The van der Waals surface area contributed by atoms with E-state index in [1.807, 2.05) is 11.8 Å². The van der Waals surface area contributed by atoms with Gasteiger partial charge in [-0.2, -0.15) is 11.8 Å². The maximum Gasteiger partial charge on any atom is 0.250 e. The molecule has 3 N–H and O–H groups in total. The summed E-state index contributed by atoms with van der Waals surface area (Å²) in [6.07, 6.45) is 2.45. The maximum absolute atomic E-state index is 12.1. The molecule has 1 aliphatic heterocycles. The number of aliphatic imine (C=N–C) groups is 1. The molecule has 0 bridgehead atoms. The molecule has 2 rings (SSSR count). The standard InChI is InChI=1S/C14H23ClN4O2S3/c1-14(6-3-9-22-14)10-18-13(16-2)17-7-8-19-24(20,21)12-5-4-11(15)23-12/h4-5,19H,3,6-10H2,1-2H3,(H2,16,17,18). The number of hydrogen-bond acceptors (Lipinski definition) is 5. The van der Waals surface area contributed by atoms with Crippen LogP contribution in [0.4, 0.5) is 0 Å². The van der Waals surface area contributed by atoms with Crippen LogP contribution >= 0.6 is 34.7 Å². The maximum atomic E-state index is 12.1. The van der Waals surface area contributed by atoms with Crippen molar-refractivity contribution in [3.05, 3.63) is 16.5 Å². The summed E-state index contributed by atoms with van der Waals surface area (Å²) >= 11 is 8.80. The molecule has 1 unspecified atom stereocenters. The van der Waals surface area contributed by atoms with E-state index < -0.39 is 10.0 Å². The lowest BCUT2D eigenvalue weighted by atomic mass is 10.1. The number of thiophene rings is 1. The molecule has 0 amide bonds. The number of thioether (sulfide) groups is 1. The first kappa shape index (κ1) is 19.8. The molecule has 1 saturated heterocycles. The molecule has 1 aliphatic rings. The summed E-state index contributed by atoms with van der Waals surface area (Å²) in [7, 11) is -1.79. The van der Waals surface area contributed by atoms with Crippen molar-refractivity contribution in [1.29, 1.82) is 0 Å². The molecule has 0 spiro atoms. The molecule has 2 heterocycles. The lowest BCUT2D eigenvalue weighted by molar-refractivity contribution is 0.578. The lowest BCUT2D eigenvalue weighted by Crippen LogP contribution is -2.45. The number of rotatable bonds is 7. The normalized spacial score (nSPS) is 21.9. The summed E-state index contributed by atoms with van der Waals surface area (Å²) in [6.45, 7) is 3.81. The molecule has 6 nitrogen and oxygen atoms in total. The van der Waals surface area contributed by atoms with Gasteiger partial charge in [0.25, 0.3) is 0 Å². The van der Waals surface area contributed by atoms with Crippen LogP contribution < -0.4 is 15.4 Å². The van der Waals surface area contributed by atoms with Crippen LogP contribution in [0, 0.1) is 0 Å². The Hall–Kier alpha value is -0.480. The van der Waals surface area contributed by atoms with Crippen molar-refractivity contribution >= 4 is 50.7 Å². The van der Waals surface area contributed by atoms with E-state index in [0.717, 1.165) is 17.9 Å². The fourth-order valence-corrected chi connectivity index (χ4v) is 6.15. The molecule has 0 radical (unpaired) electrons. The highest BCUT2D eigenvalue weighted by Gasteiger charge is 2.29. The minimum Gasteiger partial charge on any atom is -0.355 e. The van der Waals surface area contributed by atoms with Gasteiger partial charge >= 0.3 is 0 Å². The van der Waals surface area contributed by atoms with Gasteiger partial charge in [-0.05, 0) is 37.7 Å². The molecule has 1 atom stereocenters. The number of nitrogens with zero attached hydrogens (tertiary/aromatic N) is 1. The van der Waals surface area contributed by atoms with Crippen LogP contribution in [0.3, 0.4) is 0 Å². The van der Waals surface area contributed by atoms with Crippen LogP contribution in [-0.4, -0.2) is 51.6 Å². The van der Waals surface area contributed by atoms with Gasteiger partial charge in [-0.1, -0.05) is 11.6 Å². The van der Waals surface area contributed by atoms with Gasteiger partial charge in [-0.15, -0.1) is 11.3 Å². The van der Waals surface area contributed by atoms with Crippen LogP contribution in [0.2, 0.25) is 4.34 Å². The van der Waals surface area contributed by atoms with Gasteiger partial charge in [0.2, 0.25) is 10.0 Å². The molecular formula is C14H23ClN4O2S3. The fraction of sp³-hybridized carbons (Fsp3) is 0.643. The van der Waals surface area contributed by atoms with Gasteiger partial charge in [0.1, 0.15) is 4.21 Å². The summed E-state index contributed by atoms with van der Waals surface area (Å²) in [6, 6.07) is 3.08. The van der Waals surface area contributed by atoms with Crippen molar-refractivity contribution in [3.63, 3.8) is 0 Å². The third-order valence-electron chi connectivity index (χ3n) is 3.68. The predicted octanol–water partition coefficient (Wildman–Crippen LogP) is 2.13. The third-order valence-corrected chi connectivity index (χ3v) is 8.40. The lowest BCUT2D eigenvalue weighted by Gasteiger charge is -2.24. The highest BCUT2D eigenvalue weighted by atomic mass is 35.5. The number of halogens is 1. The summed E-state index contributed by atoms with van der Waals surface area (Å²) in [5.41, 5.74) is 0. The minimum atomic E-state index is -3.50. The van der Waals surface area contributed by atoms with Gasteiger partial charge < -0.3 is 10.6 Å². The van der Waals surface area contributed by atoms with Crippen molar-refractivity contribution < 1.29 is 8.42 Å².